The molecule has 1 N–H and O–H groups in total. The highest BCUT2D eigenvalue weighted by Gasteiger charge is 2.44. The Labute approximate surface area is 185 Å². The number of carboxylic acid groups (broad SMARTS) is 1. The van der Waals surface area contributed by atoms with Crippen LogP contribution < -0.4 is 0 Å². The number of rotatable bonds is 4. The molecular formula is C24H24N4O2S. The summed E-state index contributed by atoms with van der Waals surface area (Å²) in [5.41, 5.74) is 5.74. The molecule has 31 heavy (non-hydrogen) atoms. The first kappa shape index (κ1) is 19.9. The Morgan fingerprint density at radius 2 is 1.94 bits per heavy atom. The van der Waals surface area contributed by atoms with Crippen molar-refractivity contribution in [3.8, 4) is 5.69 Å². The van der Waals surface area contributed by atoms with E-state index in [1.54, 1.807) is 12.1 Å². The number of thioether (sulfide) groups is 1. The zero-order chi connectivity index (χ0) is 21.7. The molecule has 158 valence electrons. The lowest BCUT2D eigenvalue weighted by atomic mass is 9.96. The summed E-state index contributed by atoms with van der Waals surface area (Å²) in [5.74, 6) is -0.914. The molecule has 0 unspecified atom stereocenters. The second-order valence-corrected chi connectivity index (χ2v) is 9.56. The van der Waals surface area contributed by atoms with Crippen LogP contribution in [-0.4, -0.2) is 42.5 Å². The first-order valence-electron chi connectivity index (χ1n) is 10.4. The number of amidine groups is 1. The van der Waals surface area contributed by atoms with Gasteiger partial charge in [-0.15, -0.1) is 0 Å². The van der Waals surface area contributed by atoms with Crippen LogP contribution in [0.2, 0.25) is 0 Å². The number of aryl methyl sites for hydroxylation is 1. The molecule has 0 radical (unpaired) electrons. The van der Waals surface area contributed by atoms with Crippen LogP contribution >= 0.6 is 11.8 Å². The van der Waals surface area contributed by atoms with Crippen molar-refractivity contribution in [2.75, 3.05) is 6.54 Å². The molecule has 0 spiro atoms. The summed E-state index contributed by atoms with van der Waals surface area (Å²) in [7, 11) is 0. The van der Waals surface area contributed by atoms with Crippen LogP contribution in [0.3, 0.4) is 0 Å². The van der Waals surface area contributed by atoms with E-state index in [0.29, 0.717) is 10.8 Å². The SMILES string of the molecule is Cc1cc([C@@H]2[C@H](c3ccccn3)N=C3S[C@H](C)CN32)c(C)n1-c1ccc(C(=O)O)cc1. The highest BCUT2D eigenvalue weighted by Crippen LogP contribution is 2.48. The molecule has 1 saturated heterocycles. The van der Waals surface area contributed by atoms with Crippen LogP contribution in [0, 0.1) is 13.8 Å². The molecule has 0 bridgehead atoms. The third-order valence-corrected chi connectivity index (χ3v) is 7.14. The summed E-state index contributed by atoms with van der Waals surface area (Å²) in [5, 5.41) is 10.8. The minimum absolute atomic E-state index is 0.0421. The highest BCUT2D eigenvalue weighted by atomic mass is 32.2. The Morgan fingerprint density at radius 3 is 2.61 bits per heavy atom. The molecule has 2 aliphatic heterocycles. The van der Waals surface area contributed by atoms with Gasteiger partial charge in [-0.2, -0.15) is 0 Å². The molecule has 7 heteroatoms. The molecule has 4 heterocycles. The lowest BCUT2D eigenvalue weighted by Gasteiger charge is -2.27. The van der Waals surface area contributed by atoms with Gasteiger partial charge in [-0.1, -0.05) is 24.8 Å². The Balaban J connectivity index is 1.59. The first-order chi connectivity index (χ1) is 14.9. The van der Waals surface area contributed by atoms with Crippen molar-refractivity contribution in [1.82, 2.24) is 14.5 Å². The van der Waals surface area contributed by atoms with E-state index < -0.39 is 5.97 Å². The number of hydrogen-bond donors (Lipinski definition) is 1. The molecule has 1 fully saturated rings. The summed E-state index contributed by atoms with van der Waals surface area (Å²) in [6.45, 7) is 7.43. The molecule has 1 aromatic carbocycles. The van der Waals surface area contributed by atoms with Crippen LogP contribution in [0.15, 0.2) is 59.7 Å². The van der Waals surface area contributed by atoms with Crippen molar-refractivity contribution in [2.24, 2.45) is 4.99 Å². The van der Waals surface area contributed by atoms with Gasteiger partial charge in [0.05, 0.1) is 17.3 Å². The Morgan fingerprint density at radius 1 is 1.16 bits per heavy atom. The fraction of sp³-hybridized carbons (Fsp3) is 0.292. The van der Waals surface area contributed by atoms with E-state index in [1.807, 2.05) is 42.2 Å². The molecule has 0 saturated carbocycles. The van der Waals surface area contributed by atoms with Crippen molar-refractivity contribution in [3.05, 3.63) is 82.9 Å². The predicted molar refractivity (Wildman–Crippen MR) is 123 cm³/mol. The van der Waals surface area contributed by atoms with Gasteiger partial charge in [0, 0.05) is 35.1 Å². The fourth-order valence-corrected chi connectivity index (χ4v) is 5.78. The predicted octanol–water partition coefficient (Wildman–Crippen LogP) is 4.78. The number of aromatic nitrogens is 2. The smallest absolute Gasteiger partial charge is 0.335 e. The number of hydrogen-bond acceptors (Lipinski definition) is 5. The number of benzene rings is 1. The normalized spacial score (nSPS) is 22.5. The van der Waals surface area contributed by atoms with E-state index in [-0.39, 0.29) is 12.1 Å². The zero-order valence-electron chi connectivity index (χ0n) is 17.7. The summed E-state index contributed by atoms with van der Waals surface area (Å²) in [6.07, 6.45) is 1.83. The lowest BCUT2D eigenvalue weighted by Crippen LogP contribution is -2.28. The zero-order valence-corrected chi connectivity index (χ0v) is 18.5. The van der Waals surface area contributed by atoms with E-state index in [2.05, 4.69) is 47.4 Å². The third-order valence-electron chi connectivity index (χ3n) is 6.04. The lowest BCUT2D eigenvalue weighted by molar-refractivity contribution is 0.0697. The number of fused-ring (bicyclic) bond motifs is 1. The van der Waals surface area contributed by atoms with E-state index in [0.717, 1.165) is 34.5 Å². The number of carboxylic acids is 1. The maximum Gasteiger partial charge on any atom is 0.335 e. The van der Waals surface area contributed by atoms with Gasteiger partial charge in [-0.3, -0.25) is 9.98 Å². The molecule has 3 aromatic rings. The van der Waals surface area contributed by atoms with Crippen molar-refractivity contribution < 1.29 is 9.90 Å². The molecule has 2 aromatic heterocycles. The molecule has 3 atom stereocenters. The largest absolute Gasteiger partial charge is 0.478 e. The van der Waals surface area contributed by atoms with Crippen LogP contribution in [0.4, 0.5) is 0 Å². The highest BCUT2D eigenvalue weighted by molar-refractivity contribution is 8.14. The number of pyridine rings is 1. The van der Waals surface area contributed by atoms with E-state index in [4.69, 9.17) is 4.99 Å². The van der Waals surface area contributed by atoms with Crippen molar-refractivity contribution >= 4 is 22.9 Å². The molecule has 5 rings (SSSR count). The van der Waals surface area contributed by atoms with Crippen LogP contribution in [0.1, 0.15) is 52.0 Å². The van der Waals surface area contributed by atoms with Gasteiger partial charge >= 0.3 is 5.97 Å². The molecule has 2 aliphatic rings. The maximum absolute atomic E-state index is 11.2. The van der Waals surface area contributed by atoms with Crippen molar-refractivity contribution in [1.29, 1.82) is 0 Å². The van der Waals surface area contributed by atoms with Crippen molar-refractivity contribution in [2.45, 2.75) is 38.1 Å². The summed E-state index contributed by atoms with van der Waals surface area (Å²) >= 11 is 1.84. The second kappa shape index (κ2) is 7.57. The maximum atomic E-state index is 11.2. The molecule has 0 aliphatic carbocycles. The fourth-order valence-electron chi connectivity index (χ4n) is 4.69. The second-order valence-electron chi connectivity index (χ2n) is 8.15. The Kier molecular flexibility index (Phi) is 4.85. The van der Waals surface area contributed by atoms with Gasteiger partial charge in [-0.05, 0) is 61.9 Å². The van der Waals surface area contributed by atoms with Gasteiger partial charge in [0.2, 0.25) is 0 Å². The minimum atomic E-state index is -0.914. The number of aliphatic imine (C=N–C) groups is 1. The number of nitrogens with zero attached hydrogens (tertiary/aromatic N) is 4. The minimum Gasteiger partial charge on any atom is -0.478 e. The third kappa shape index (κ3) is 3.33. The number of carbonyl (C=O) groups is 1. The first-order valence-corrected chi connectivity index (χ1v) is 11.3. The van der Waals surface area contributed by atoms with Gasteiger partial charge in [0.15, 0.2) is 5.17 Å². The number of aromatic carboxylic acids is 1. The van der Waals surface area contributed by atoms with Crippen molar-refractivity contribution in [3.63, 3.8) is 0 Å². The van der Waals surface area contributed by atoms with Crippen LogP contribution in [-0.2, 0) is 0 Å². The average Bonchev–Trinajstić information content (AvgIpc) is 3.38. The van der Waals surface area contributed by atoms with E-state index >= 15 is 0 Å². The molecular weight excluding hydrogens is 408 g/mol. The van der Waals surface area contributed by atoms with Gasteiger partial charge in [-0.25, -0.2) is 4.79 Å². The monoisotopic (exact) mass is 432 g/mol. The van der Waals surface area contributed by atoms with Crippen LogP contribution in [0.5, 0.6) is 0 Å². The average molecular weight is 433 g/mol. The molecule has 0 amide bonds. The van der Waals surface area contributed by atoms with Gasteiger partial charge < -0.3 is 14.6 Å². The van der Waals surface area contributed by atoms with Gasteiger partial charge in [0.1, 0.15) is 6.04 Å². The van der Waals surface area contributed by atoms with E-state index in [9.17, 15) is 9.90 Å². The Bertz CT molecular complexity index is 1170. The Hall–Kier alpha value is -3.06. The van der Waals surface area contributed by atoms with E-state index in [1.165, 1.54) is 5.56 Å². The molecule has 6 nitrogen and oxygen atoms in total. The van der Waals surface area contributed by atoms with Gasteiger partial charge in [0.25, 0.3) is 0 Å². The topological polar surface area (TPSA) is 70.7 Å². The van der Waals surface area contributed by atoms with Crippen LogP contribution in [0.25, 0.3) is 5.69 Å². The summed E-state index contributed by atoms with van der Waals surface area (Å²) in [4.78, 5) is 23.4. The standard InChI is InChI=1S/C24H24N4O2S/c1-14-12-19(16(3)28(14)18-9-7-17(8-10-18)23(29)30)22-21(20-6-4-5-11-25-20)26-24-27(22)13-15(2)31-24/h4-12,15,21-22H,13H2,1-3H3,(H,29,30)/t15-,21+,22-/m1/s1. The quantitative estimate of drug-likeness (QED) is 0.643. The summed E-state index contributed by atoms with van der Waals surface area (Å²) in [6, 6.07) is 15.4. The summed E-state index contributed by atoms with van der Waals surface area (Å²) < 4.78 is 2.20.